The maximum absolute atomic E-state index is 12.7. The number of nitrogens with one attached hydrogen (secondary N) is 1. The Morgan fingerprint density at radius 3 is 2.53 bits per heavy atom. The minimum atomic E-state index is -0.939. The lowest BCUT2D eigenvalue weighted by Crippen LogP contribution is -2.51. The lowest BCUT2D eigenvalue weighted by atomic mass is 9.79. The summed E-state index contributed by atoms with van der Waals surface area (Å²) in [7, 11) is 1.56. The van der Waals surface area contributed by atoms with Crippen LogP contribution in [0, 0.1) is 5.41 Å². The molecule has 6 heteroatoms. The standard InChI is InChI=1S/C13H22N2O4/c1-13(3-5-14-6-4-13)12(18)15-8-9(19-2)7-10(15)11(16)17/h9-10,14H,3-8H2,1-2H3,(H,16,17). The van der Waals surface area contributed by atoms with Gasteiger partial charge in [-0.3, -0.25) is 4.79 Å². The van der Waals surface area contributed by atoms with Crippen molar-refractivity contribution in [3.05, 3.63) is 0 Å². The lowest BCUT2D eigenvalue weighted by Gasteiger charge is -2.37. The Morgan fingerprint density at radius 2 is 2.00 bits per heavy atom. The molecule has 2 aliphatic rings. The number of likely N-dealkylation sites (tertiary alicyclic amines) is 1. The van der Waals surface area contributed by atoms with Crippen LogP contribution in [-0.2, 0) is 14.3 Å². The third-order valence-electron chi connectivity index (χ3n) is 4.37. The number of carboxylic acid groups (broad SMARTS) is 1. The molecule has 2 N–H and O–H groups in total. The van der Waals surface area contributed by atoms with Crippen molar-refractivity contribution in [3.63, 3.8) is 0 Å². The fraction of sp³-hybridized carbons (Fsp3) is 0.846. The number of aliphatic carboxylic acids is 1. The van der Waals surface area contributed by atoms with Gasteiger partial charge in [0.25, 0.3) is 0 Å². The summed E-state index contributed by atoms with van der Waals surface area (Å²) in [5.41, 5.74) is -0.443. The number of methoxy groups -OCH3 is 1. The number of amides is 1. The predicted octanol–water partition coefficient (Wildman–Crippen LogP) is 0.0766. The number of carbonyl (C=O) groups excluding carboxylic acids is 1. The minimum absolute atomic E-state index is 0.0408. The Bertz CT molecular complexity index is 366. The molecule has 0 radical (unpaired) electrons. The first kappa shape index (κ1) is 14.3. The molecule has 19 heavy (non-hydrogen) atoms. The molecule has 2 atom stereocenters. The topological polar surface area (TPSA) is 78.9 Å². The van der Waals surface area contributed by atoms with Crippen molar-refractivity contribution in [2.45, 2.75) is 38.3 Å². The van der Waals surface area contributed by atoms with Gasteiger partial charge in [-0.2, -0.15) is 0 Å². The van der Waals surface area contributed by atoms with E-state index in [0.717, 1.165) is 25.9 Å². The highest BCUT2D eigenvalue weighted by atomic mass is 16.5. The second-order valence-corrected chi connectivity index (χ2v) is 5.72. The van der Waals surface area contributed by atoms with E-state index < -0.39 is 17.4 Å². The number of carbonyl (C=O) groups is 2. The van der Waals surface area contributed by atoms with Gasteiger partial charge in [0, 0.05) is 25.5 Å². The summed E-state index contributed by atoms with van der Waals surface area (Å²) in [5.74, 6) is -0.980. The first-order chi connectivity index (χ1) is 8.98. The molecule has 1 amide bonds. The van der Waals surface area contributed by atoms with Gasteiger partial charge in [-0.05, 0) is 25.9 Å². The van der Waals surface area contributed by atoms with Gasteiger partial charge in [0.1, 0.15) is 6.04 Å². The Balaban J connectivity index is 2.14. The van der Waals surface area contributed by atoms with Crippen molar-refractivity contribution in [2.75, 3.05) is 26.7 Å². The average Bonchev–Trinajstić information content (AvgIpc) is 2.83. The van der Waals surface area contributed by atoms with E-state index in [0.29, 0.717) is 13.0 Å². The second kappa shape index (κ2) is 5.46. The van der Waals surface area contributed by atoms with Crippen molar-refractivity contribution < 1.29 is 19.4 Å². The fourth-order valence-corrected chi connectivity index (χ4v) is 2.97. The fourth-order valence-electron chi connectivity index (χ4n) is 2.97. The molecule has 108 valence electrons. The molecule has 0 bridgehead atoms. The van der Waals surface area contributed by atoms with Crippen LogP contribution in [0.25, 0.3) is 0 Å². The molecule has 0 aromatic carbocycles. The van der Waals surface area contributed by atoms with E-state index in [9.17, 15) is 14.7 Å². The van der Waals surface area contributed by atoms with Gasteiger partial charge in [-0.1, -0.05) is 6.92 Å². The predicted molar refractivity (Wildman–Crippen MR) is 68.8 cm³/mol. The first-order valence-electron chi connectivity index (χ1n) is 6.75. The van der Waals surface area contributed by atoms with Gasteiger partial charge in [0.05, 0.1) is 6.10 Å². The molecule has 0 spiro atoms. The molecule has 2 saturated heterocycles. The van der Waals surface area contributed by atoms with Crippen LogP contribution >= 0.6 is 0 Å². The van der Waals surface area contributed by atoms with Crippen molar-refractivity contribution in [2.24, 2.45) is 5.41 Å². The van der Waals surface area contributed by atoms with Gasteiger partial charge < -0.3 is 20.1 Å². The van der Waals surface area contributed by atoms with E-state index in [1.165, 1.54) is 4.90 Å². The SMILES string of the molecule is COC1CC(C(=O)O)N(C(=O)C2(C)CCNCC2)C1. The molecule has 0 aromatic heterocycles. The summed E-state index contributed by atoms with van der Waals surface area (Å²) < 4.78 is 5.22. The molecule has 0 aromatic rings. The van der Waals surface area contributed by atoms with Crippen molar-refractivity contribution in [1.82, 2.24) is 10.2 Å². The molecule has 2 heterocycles. The highest BCUT2D eigenvalue weighted by molar-refractivity contribution is 5.88. The monoisotopic (exact) mass is 270 g/mol. The van der Waals surface area contributed by atoms with Crippen molar-refractivity contribution in [3.8, 4) is 0 Å². The first-order valence-corrected chi connectivity index (χ1v) is 6.75. The lowest BCUT2D eigenvalue weighted by molar-refractivity contribution is -0.153. The molecule has 2 rings (SSSR count). The van der Waals surface area contributed by atoms with Crippen LogP contribution in [0.5, 0.6) is 0 Å². The smallest absolute Gasteiger partial charge is 0.326 e. The summed E-state index contributed by atoms with van der Waals surface area (Å²) in [6, 6.07) is -0.746. The van der Waals surface area contributed by atoms with Crippen LogP contribution in [0.4, 0.5) is 0 Å². The molecule has 2 fully saturated rings. The Morgan fingerprint density at radius 1 is 1.37 bits per heavy atom. The van der Waals surface area contributed by atoms with Gasteiger partial charge in [0.2, 0.25) is 5.91 Å². The number of hydrogen-bond acceptors (Lipinski definition) is 4. The van der Waals surface area contributed by atoms with Crippen molar-refractivity contribution in [1.29, 1.82) is 0 Å². The Kier molecular flexibility index (Phi) is 4.10. The molecule has 2 aliphatic heterocycles. The van der Waals surface area contributed by atoms with Crippen LogP contribution < -0.4 is 5.32 Å². The normalized spacial score (nSPS) is 30.3. The second-order valence-electron chi connectivity index (χ2n) is 5.72. The van der Waals surface area contributed by atoms with Crippen molar-refractivity contribution >= 4 is 11.9 Å². The summed E-state index contributed by atoms with van der Waals surface area (Å²) >= 11 is 0. The van der Waals surface area contributed by atoms with E-state index in [-0.39, 0.29) is 12.0 Å². The molecular weight excluding hydrogens is 248 g/mol. The number of nitrogens with zero attached hydrogens (tertiary/aromatic N) is 1. The highest BCUT2D eigenvalue weighted by Gasteiger charge is 2.46. The summed E-state index contributed by atoms with van der Waals surface area (Å²) in [6.45, 7) is 3.94. The minimum Gasteiger partial charge on any atom is -0.480 e. The number of piperidine rings is 1. The average molecular weight is 270 g/mol. The number of ether oxygens (including phenoxy) is 1. The quantitative estimate of drug-likeness (QED) is 0.759. The maximum Gasteiger partial charge on any atom is 0.326 e. The van der Waals surface area contributed by atoms with Gasteiger partial charge >= 0.3 is 5.97 Å². The van der Waals surface area contributed by atoms with Gasteiger partial charge in [-0.25, -0.2) is 4.79 Å². The van der Waals surface area contributed by atoms with Gasteiger partial charge in [-0.15, -0.1) is 0 Å². The molecular formula is C13H22N2O4. The molecule has 0 saturated carbocycles. The Hall–Kier alpha value is -1.14. The third-order valence-corrected chi connectivity index (χ3v) is 4.37. The molecule has 2 unspecified atom stereocenters. The van der Waals surface area contributed by atoms with E-state index in [1.807, 2.05) is 6.92 Å². The zero-order valence-electron chi connectivity index (χ0n) is 11.5. The summed E-state index contributed by atoms with van der Waals surface area (Å²) in [6.07, 6.45) is 1.72. The highest BCUT2D eigenvalue weighted by Crippen LogP contribution is 2.33. The van der Waals surface area contributed by atoms with Crippen LogP contribution in [0.3, 0.4) is 0 Å². The van der Waals surface area contributed by atoms with Crippen LogP contribution in [0.15, 0.2) is 0 Å². The zero-order chi connectivity index (χ0) is 14.0. The number of rotatable bonds is 3. The summed E-state index contributed by atoms with van der Waals surface area (Å²) in [4.78, 5) is 25.5. The molecule has 6 nitrogen and oxygen atoms in total. The maximum atomic E-state index is 12.7. The number of carboxylic acids is 1. The zero-order valence-corrected chi connectivity index (χ0v) is 11.5. The van der Waals surface area contributed by atoms with E-state index in [2.05, 4.69) is 5.32 Å². The van der Waals surface area contributed by atoms with E-state index in [4.69, 9.17) is 4.74 Å². The third kappa shape index (κ3) is 2.74. The largest absolute Gasteiger partial charge is 0.480 e. The molecule has 0 aliphatic carbocycles. The summed E-state index contributed by atoms with van der Waals surface area (Å²) in [5, 5.41) is 12.5. The van der Waals surface area contributed by atoms with E-state index >= 15 is 0 Å². The van der Waals surface area contributed by atoms with Crippen LogP contribution in [0.2, 0.25) is 0 Å². The Labute approximate surface area is 113 Å². The van der Waals surface area contributed by atoms with Crippen LogP contribution in [-0.4, -0.2) is 60.8 Å². The number of hydrogen-bond donors (Lipinski definition) is 2. The van der Waals surface area contributed by atoms with E-state index in [1.54, 1.807) is 7.11 Å². The van der Waals surface area contributed by atoms with Gasteiger partial charge in [0.15, 0.2) is 0 Å². The van der Waals surface area contributed by atoms with Crippen LogP contribution in [0.1, 0.15) is 26.2 Å².